The van der Waals surface area contributed by atoms with Crippen molar-refractivity contribution in [3.63, 3.8) is 0 Å². The Kier molecular flexibility index (Phi) is 10.0. The van der Waals surface area contributed by atoms with Gasteiger partial charge in [0.15, 0.2) is 0 Å². The molecule has 4 heteroatoms. The Hall–Kier alpha value is -1.88. The summed E-state index contributed by atoms with van der Waals surface area (Å²) in [6.07, 6.45) is 3.10. The van der Waals surface area contributed by atoms with E-state index in [9.17, 15) is 5.11 Å². The van der Waals surface area contributed by atoms with E-state index in [2.05, 4.69) is 96.1 Å². The van der Waals surface area contributed by atoms with Gasteiger partial charge in [0.05, 0.1) is 26.3 Å². The molecule has 2 aromatic rings. The molecule has 4 nitrogen and oxygen atoms in total. The Morgan fingerprint density at radius 1 is 0.917 bits per heavy atom. The number of ether oxygens (including phenoxy) is 2. The SMILES string of the molecule is CC1CC[N+](Cc2ccccc2)(C[C@@H](O)COCCOc2ccc(C(C)(C)CC(C)(C)C)cc2)CC1. The number of rotatable bonds is 12. The highest BCUT2D eigenvalue weighted by atomic mass is 16.5. The van der Waals surface area contributed by atoms with Crippen LogP contribution in [-0.2, 0) is 16.7 Å². The second kappa shape index (κ2) is 12.6. The minimum absolute atomic E-state index is 0.128. The van der Waals surface area contributed by atoms with E-state index in [0.717, 1.165) is 48.8 Å². The smallest absolute Gasteiger partial charge is 0.126 e. The van der Waals surface area contributed by atoms with Crippen LogP contribution >= 0.6 is 0 Å². The molecule has 1 atom stereocenters. The van der Waals surface area contributed by atoms with E-state index < -0.39 is 6.10 Å². The van der Waals surface area contributed by atoms with E-state index in [1.54, 1.807) is 0 Å². The zero-order valence-electron chi connectivity index (χ0n) is 23.6. The van der Waals surface area contributed by atoms with Gasteiger partial charge in [-0.25, -0.2) is 0 Å². The third-order valence-corrected chi connectivity index (χ3v) is 7.57. The number of hydrogen-bond donors (Lipinski definition) is 1. The molecule has 0 radical (unpaired) electrons. The monoisotopic (exact) mass is 496 g/mol. The van der Waals surface area contributed by atoms with Crippen LogP contribution in [0.25, 0.3) is 0 Å². The zero-order valence-corrected chi connectivity index (χ0v) is 23.6. The molecule has 2 aromatic carbocycles. The van der Waals surface area contributed by atoms with E-state index >= 15 is 0 Å². The largest absolute Gasteiger partial charge is 0.491 e. The second-order valence-electron chi connectivity index (χ2n) is 13.0. The Labute approximate surface area is 220 Å². The fourth-order valence-electron chi connectivity index (χ4n) is 5.99. The average Bonchev–Trinajstić information content (AvgIpc) is 2.80. The molecule has 0 amide bonds. The molecular formula is C32H50NO3+. The lowest BCUT2D eigenvalue weighted by Crippen LogP contribution is -2.56. The van der Waals surface area contributed by atoms with Gasteiger partial charge in [0.2, 0.25) is 0 Å². The number of benzene rings is 2. The van der Waals surface area contributed by atoms with Crippen LogP contribution in [0.2, 0.25) is 0 Å². The first-order valence-electron chi connectivity index (χ1n) is 13.8. The first-order valence-corrected chi connectivity index (χ1v) is 13.8. The summed E-state index contributed by atoms with van der Waals surface area (Å²) in [7, 11) is 0. The van der Waals surface area contributed by atoms with Crippen molar-refractivity contribution < 1.29 is 19.1 Å². The lowest BCUT2D eigenvalue weighted by Gasteiger charge is -2.44. The number of quaternary nitrogens is 1. The van der Waals surface area contributed by atoms with Crippen molar-refractivity contribution in [2.24, 2.45) is 11.3 Å². The maximum atomic E-state index is 10.8. The van der Waals surface area contributed by atoms with Gasteiger partial charge in [0, 0.05) is 5.56 Å². The van der Waals surface area contributed by atoms with Crippen LogP contribution in [0.3, 0.4) is 0 Å². The number of piperidine rings is 1. The third-order valence-electron chi connectivity index (χ3n) is 7.57. The topological polar surface area (TPSA) is 38.7 Å². The molecule has 200 valence electrons. The lowest BCUT2D eigenvalue weighted by molar-refractivity contribution is -0.948. The molecule has 36 heavy (non-hydrogen) atoms. The molecule has 0 aliphatic carbocycles. The van der Waals surface area contributed by atoms with Crippen LogP contribution in [0.15, 0.2) is 54.6 Å². The summed E-state index contributed by atoms with van der Waals surface area (Å²) >= 11 is 0. The van der Waals surface area contributed by atoms with Crippen molar-refractivity contribution in [2.45, 2.75) is 78.9 Å². The third kappa shape index (κ3) is 9.21. The van der Waals surface area contributed by atoms with E-state index in [1.807, 2.05) is 0 Å². The van der Waals surface area contributed by atoms with E-state index in [4.69, 9.17) is 9.47 Å². The molecule has 3 rings (SSSR count). The molecule has 1 aliphatic rings. The van der Waals surface area contributed by atoms with Crippen LogP contribution in [-0.4, -0.2) is 55.1 Å². The minimum atomic E-state index is -0.466. The van der Waals surface area contributed by atoms with Crippen LogP contribution < -0.4 is 4.74 Å². The molecule has 1 heterocycles. The maximum Gasteiger partial charge on any atom is 0.126 e. The first kappa shape index (κ1) is 28.7. The van der Waals surface area contributed by atoms with Gasteiger partial charge in [-0.1, -0.05) is 84.0 Å². The van der Waals surface area contributed by atoms with Crippen LogP contribution in [0.4, 0.5) is 0 Å². The summed E-state index contributed by atoms with van der Waals surface area (Å²) in [6.45, 7) is 19.1. The van der Waals surface area contributed by atoms with Gasteiger partial charge in [-0.05, 0) is 53.7 Å². The maximum absolute atomic E-state index is 10.8. The second-order valence-corrected chi connectivity index (χ2v) is 13.0. The molecular weight excluding hydrogens is 446 g/mol. The van der Waals surface area contributed by atoms with Crippen molar-refractivity contribution in [1.29, 1.82) is 0 Å². The molecule has 0 aromatic heterocycles. The highest BCUT2D eigenvalue weighted by molar-refractivity contribution is 5.31. The van der Waals surface area contributed by atoms with Crippen LogP contribution in [0.1, 0.15) is 71.9 Å². The van der Waals surface area contributed by atoms with E-state index in [1.165, 1.54) is 24.0 Å². The first-order chi connectivity index (χ1) is 17.0. The van der Waals surface area contributed by atoms with Gasteiger partial charge in [-0.3, -0.25) is 0 Å². The Morgan fingerprint density at radius 2 is 1.56 bits per heavy atom. The summed E-state index contributed by atoms with van der Waals surface area (Å²) in [4.78, 5) is 0. The fraction of sp³-hybridized carbons (Fsp3) is 0.625. The highest BCUT2D eigenvalue weighted by Crippen LogP contribution is 2.36. The van der Waals surface area contributed by atoms with E-state index in [-0.39, 0.29) is 10.8 Å². The average molecular weight is 497 g/mol. The molecule has 1 aliphatic heterocycles. The molecule has 0 unspecified atom stereocenters. The Balaban J connectivity index is 1.42. The van der Waals surface area contributed by atoms with Gasteiger partial charge in [0.25, 0.3) is 0 Å². The van der Waals surface area contributed by atoms with Gasteiger partial charge >= 0.3 is 0 Å². The highest BCUT2D eigenvalue weighted by Gasteiger charge is 2.35. The number of hydrogen-bond acceptors (Lipinski definition) is 3. The number of likely N-dealkylation sites (tertiary alicyclic amines) is 1. The van der Waals surface area contributed by atoms with Crippen molar-refractivity contribution >= 4 is 0 Å². The zero-order chi connectivity index (χ0) is 26.2. The predicted octanol–water partition coefficient (Wildman–Crippen LogP) is 6.60. The molecule has 1 N–H and O–H groups in total. The molecule has 1 saturated heterocycles. The van der Waals surface area contributed by atoms with Crippen LogP contribution in [0.5, 0.6) is 5.75 Å². The minimum Gasteiger partial charge on any atom is -0.491 e. The van der Waals surface area contributed by atoms with Gasteiger partial charge in [-0.2, -0.15) is 0 Å². The summed E-state index contributed by atoms with van der Waals surface area (Å²) in [5.41, 5.74) is 3.10. The van der Waals surface area contributed by atoms with Gasteiger partial charge < -0.3 is 19.1 Å². The van der Waals surface area contributed by atoms with Crippen molar-refractivity contribution in [1.82, 2.24) is 0 Å². The van der Waals surface area contributed by atoms with Crippen molar-refractivity contribution in [2.75, 3.05) is 39.5 Å². The lowest BCUT2D eigenvalue weighted by atomic mass is 9.72. The molecule has 1 fully saturated rings. The number of aliphatic hydroxyl groups excluding tert-OH is 1. The summed E-state index contributed by atoms with van der Waals surface area (Å²) < 4.78 is 12.7. The standard InChI is InChI=1S/C32H50NO3/c1-26-16-18-33(19-17-26,22-27-10-8-7-9-11-27)23-29(34)24-35-20-21-36-30-14-12-28(13-15-30)32(5,6)25-31(2,3)4/h7-15,26,29,34H,16-25H2,1-6H3/q+1/t26?,29-,33?/m1/s1. The van der Waals surface area contributed by atoms with Gasteiger partial charge in [0.1, 0.15) is 31.5 Å². The Bertz CT molecular complexity index is 893. The molecule has 0 spiro atoms. The normalized spacial score (nSPS) is 21.8. The van der Waals surface area contributed by atoms with E-state index in [0.29, 0.717) is 19.8 Å². The summed E-state index contributed by atoms with van der Waals surface area (Å²) in [5.74, 6) is 1.64. The number of nitrogens with zero attached hydrogens (tertiary/aromatic N) is 1. The molecule has 0 saturated carbocycles. The van der Waals surface area contributed by atoms with Gasteiger partial charge in [-0.15, -0.1) is 0 Å². The van der Waals surface area contributed by atoms with Crippen LogP contribution in [0, 0.1) is 11.3 Å². The predicted molar refractivity (Wildman–Crippen MR) is 149 cm³/mol. The van der Waals surface area contributed by atoms with Crippen molar-refractivity contribution in [3.05, 3.63) is 65.7 Å². The number of aliphatic hydroxyl groups is 1. The molecule has 0 bridgehead atoms. The fourth-order valence-corrected chi connectivity index (χ4v) is 5.99. The summed E-state index contributed by atoms with van der Waals surface area (Å²) in [6, 6.07) is 19.2. The summed E-state index contributed by atoms with van der Waals surface area (Å²) in [5, 5.41) is 10.8. The van der Waals surface area contributed by atoms with Crippen molar-refractivity contribution in [3.8, 4) is 5.75 Å². The quantitative estimate of drug-likeness (QED) is 0.266. The Morgan fingerprint density at radius 3 is 2.17 bits per heavy atom.